The van der Waals surface area contributed by atoms with Crippen molar-refractivity contribution in [2.24, 2.45) is 0 Å². The Hall–Kier alpha value is -1.25. The van der Waals surface area contributed by atoms with E-state index < -0.39 is 0 Å². The van der Waals surface area contributed by atoms with Crippen molar-refractivity contribution in [3.63, 3.8) is 0 Å². The zero-order valence-electron chi connectivity index (χ0n) is 11.9. The van der Waals surface area contributed by atoms with Gasteiger partial charge in [-0.2, -0.15) is 0 Å². The molecule has 0 aliphatic carbocycles. The second-order valence-electron chi connectivity index (χ2n) is 3.84. The molecule has 0 saturated carbocycles. The molecule has 106 valence electrons. The van der Waals surface area contributed by atoms with Crippen molar-refractivity contribution in [1.82, 2.24) is 0 Å². The van der Waals surface area contributed by atoms with E-state index in [9.17, 15) is 0 Å². The summed E-state index contributed by atoms with van der Waals surface area (Å²) in [4.78, 5) is 2.37. The van der Waals surface area contributed by atoms with Crippen molar-refractivity contribution >= 4 is 36.0 Å². The zero-order chi connectivity index (χ0) is 15.2. The van der Waals surface area contributed by atoms with E-state index in [0.717, 1.165) is 13.1 Å². The molecule has 0 aromatic heterocycles. The molecule has 0 spiro atoms. The van der Waals surface area contributed by atoms with Gasteiger partial charge in [0.15, 0.2) is 0 Å². The molecule has 0 heterocycles. The fraction of sp³-hybridized carbons (Fsp3) is 0.200. The molecule has 0 atom stereocenters. The Morgan fingerprint density at radius 2 is 1.35 bits per heavy atom. The predicted molar refractivity (Wildman–Crippen MR) is 88.9 cm³/mol. The van der Waals surface area contributed by atoms with Gasteiger partial charge in [0.25, 0.3) is 0 Å². The summed E-state index contributed by atoms with van der Waals surface area (Å²) in [7, 11) is 4.85. The third-order valence-electron chi connectivity index (χ3n) is 2.72. The van der Waals surface area contributed by atoms with Crippen molar-refractivity contribution < 1.29 is 0 Å². The third-order valence-corrected chi connectivity index (χ3v) is 2.72. The molecule has 3 nitrogen and oxygen atoms in total. The quantitative estimate of drug-likeness (QED) is 0.589. The molecule has 2 rings (SSSR count). The van der Waals surface area contributed by atoms with Crippen LogP contribution in [0.15, 0.2) is 60.7 Å². The third kappa shape index (κ3) is 6.78. The van der Waals surface area contributed by atoms with Crippen molar-refractivity contribution in [1.29, 1.82) is 10.8 Å². The maximum atomic E-state index is 6.00. The molecule has 2 aromatic rings. The van der Waals surface area contributed by atoms with Gasteiger partial charge in [-0.25, -0.2) is 0 Å². The molecular weight excluding hydrogens is 376 g/mol. The number of hydrogen-bond acceptors (Lipinski definition) is 3. The molecule has 0 saturated heterocycles. The molecule has 0 N–H and O–H groups in total. The van der Waals surface area contributed by atoms with Gasteiger partial charge in [0.05, 0.1) is 0 Å². The van der Waals surface area contributed by atoms with Crippen LogP contribution in [0.4, 0.5) is 5.69 Å². The van der Waals surface area contributed by atoms with Gasteiger partial charge in [-0.05, 0) is 24.6 Å². The Kier molecular flexibility index (Phi) is 12.0. The van der Waals surface area contributed by atoms with E-state index in [4.69, 9.17) is 19.7 Å². The van der Waals surface area contributed by atoms with Gasteiger partial charge in [0.2, 0.25) is 0 Å². The summed E-state index contributed by atoms with van der Waals surface area (Å²) < 4.78 is 0. The van der Waals surface area contributed by atoms with E-state index >= 15 is 0 Å². The minimum atomic E-state index is 0.422. The van der Waals surface area contributed by atoms with E-state index in [2.05, 4.69) is 72.5 Å². The summed E-state index contributed by atoms with van der Waals surface area (Å²) in [6, 6.07) is 21.1. The Labute approximate surface area is 137 Å². The van der Waals surface area contributed by atoms with Gasteiger partial charge >= 0.3 is 30.3 Å². The van der Waals surface area contributed by atoms with Crippen LogP contribution < -0.4 is 4.90 Å². The van der Waals surface area contributed by atoms with E-state index in [0.29, 0.717) is 21.4 Å². The molecule has 0 unspecified atom stereocenters. The summed E-state index contributed by atoms with van der Waals surface area (Å²) >= 11 is 0.422. The van der Waals surface area contributed by atoms with Gasteiger partial charge in [-0.15, -0.1) is 0 Å². The normalized spacial score (nSPS) is 8.60. The van der Waals surface area contributed by atoms with Crippen LogP contribution in [0.25, 0.3) is 0 Å². The van der Waals surface area contributed by atoms with Crippen LogP contribution in [0, 0.1) is 10.8 Å². The van der Waals surface area contributed by atoms with Crippen molar-refractivity contribution in [2.75, 3.05) is 11.4 Å². The van der Waals surface area contributed by atoms with Crippen LogP contribution in [0.3, 0.4) is 0 Å². The molecule has 20 heavy (non-hydrogen) atoms. The number of nitrogens with zero attached hydrogens (tertiary/aromatic N) is 3. The van der Waals surface area contributed by atoms with Crippen molar-refractivity contribution in [3.05, 3.63) is 66.2 Å². The van der Waals surface area contributed by atoms with Crippen molar-refractivity contribution in [3.8, 4) is 0 Å². The number of para-hydroxylation sites is 1. The standard InChI is InChI=1S/C15H17N.ClH.N2.Sn.3H/c1-2-16(15-11-7-4-8-12-15)13-14-9-5-3-6-10-14;;1-2;;;;/h3-12H,2,13H2,1H3;1H;;;;;/q;;;+1;;;/p-1. The van der Waals surface area contributed by atoms with Crippen LogP contribution in [-0.2, 0) is 6.54 Å². The summed E-state index contributed by atoms with van der Waals surface area (Å²) in [5.41, 5.74) is 2.64. The summed E-state index contributed by atoms with van der Waals surface area (Å²) in [5.74, 6) is 0. The van der Waals surface area contributed by atoms with Crippen LogP contribution in [0.1, 0.15) is 12.5 Å². The molecule has 0 bridgehead atoms. The molecule has 2 aromatic carbocycles. The number of rotatable bonds is 4. The van der Waals surface area contributed by atoms with Crippen LogP contribution >= 0.6 is 8.92 Å². The first-order valence-electron chi connectivity index (χ1n) is 6.32. The van der Waals surface area contributed by atoms with E-state index in [1.807, 2.05) is 0 Å². The first kappa shape index (κ1) is 18.7. The van der Waals surface area contributed by atoms with E-state index in [1.165, 1.54) is 11.3 Å². The molecular formula is C15H20ClN3Sn. The summed E-state index contributed by atoms with van der Waals surface area (Å²) in [5, 5.41) is 12.0. The summed E-state index contributed by atoms with van der Waals surface area (Å²) in [6.07, 6.45) is 0. The first-order valence-corrected chi connectivity index (χ1v) is 13.5. The monoisotopic (exact) mass is 397 g/mol. The average Bonchev–Trinajstić information content (AvgIpc) is 2.58. The number of anilines is 1. The van der Waals surface area contributed by atoms with Crippen LogP contribution in [-0.4, -0.2) is 27.9 Å². The second-order valence-corrected chi connectivity index (χ2v) is 3.84. The molecule has 0 amide bonds. The van der Waals surface area contributed by atoms with Gasteiger partial charge in [-0.1, -0.05) is 48.5 Å². The zero-order valence-corrected chi connectivity index (χ0v) is 18.4. The summed E-state index contributed by atoms with van der Waals surface area (Å²) in [6.45, 7) is 4.19. The van der Waals surface area contributed by atoms with Gasteiger partial charge in [0, 0.05) is 29.6 Å². The van der Waals surface area contributed by atoms with Crippen molar-refractivity contribution in [2.45, 2.75) is 13.5 Å². The topological polar surface area (TPSA) is 50.8 Å². The minimum absolute atomic E-state index is 0.422. The average molecular weight is 397 g/mol. The maximum absolute atomic E-state index is 6.00. The van der Waals surface area contributed by atoms with E-state index in [1.54, 1.807) is 0 Å². The van der Waals surface area contributed by atoms with Gasteiger partial charge < -0.3 is 4.90 Å². The fourth-order valence-electron chi connectivity index (χ4n) is 1.83. The Morgan fingerprint density at radius 1 is 0.900 bits per heavy atom. The SMILES string of the molecule is CCN(Cc1ccccc1)c1ccccc1.N#N.[Cl][SnH3]. The van der Waals surface area contributed by atoms with Gasteiger partial charge in [-0.3, -0.25) is 0 Å². The van der Waals surface area contributed by atoms with Gasteiger partial charge in [0.1, 0.15) is 0 Å². The number of halogens is 1. The number of benzene rings is 2. The van der Waals surface area contributed by atoms with Crippen LogP contribution in [0.2, 0.25) is 0 Å². The second kappa shape index (κ2) is 12.8. The van der Waals surface area contributed by atoms with E-state index in [-0.39, 0.29) is 0 Å². The fourth-order valence-corrected chi connectivity index (χ4v) is 1.83. The molecule has 5 heteroatoms. The molecule has 0 fully saturated rings. The Morgan fingerprint density at radius 3 is 1.80 bits per heavy atom. The molecule has 0 aliphatic rings. The predicted octanol–water partition coefficient (Wildman–Crippen LogP) is 3.25. The van der Waals surface area contributed by atoms with Crippen LogP contribution in [0.5, 0.6) is 0 Å². The first-order chi connectivity index (χ1) is 9.90. The molecule has 0 aliphatic heterocycles. The Balaban J connectivity index is 0.000000829. The number of hydrogen-bond donors (Lipinski definition) is 0. The Bertz CT molecular complexity index is 462. The molecule has 0 radical (unpaired) electrons.